The van der Waals surface area contributed by atoms with Gasteiger partial charge >= 0.3 is 0 Å². The van der Waals surface area contributed by atoms with Crippen LogP contribution < -0.4 is 0 Å². The summed E-state index contributed by atoms with van der Waals surface area (Å²) in [4.78, 5) is 5.27. The number of hydrogen-bond donors (Lipinski definition) is 1. The SMILES string of the molecule is CC(C)/C=C/CN1CCN(C2CCCCC2)[C@@H](CCO)C1. The van der Waals surface area contributed by atoms with E-state index in [0.717, 1.165) is 25.6 Å². The minimum Gasteiger partial charge on any atom is -0.396 e. The van der Waals surface area contributed by atoms with Crippen LogP contribution in [0, 0.1) is 5.92 Å². The maximum Gasteiger partial charge on any atom is 0.0446 e. The first-order valence-electron chi connectivity index (χ1n) is 8.96. The minimum atomic E-state index is 0.323. The van der Waals surface area contributed by atoms with Gasteiger partial charge in [-0.1, -0.05) is 45.3 Å². The Hall–Kier alpha value is -0.380. The molecule has 1 atom stereocenters. The molecule has 1 aliphatic heterocycles. The topological polar surface area (TPSA) is 26.7 Å². The number of piperazine rings is 1. The molecule has 0 aromatic heterocycles. The summed E-state index contributed by atoms with van der Waals surface area (Å²) in [5, 5.41) is 9.41. The Bertz CT molecular complexity index is 310. The van der Waals surface area contributed by atoms with Crippen molar-refractivity contribution in [3.8, 4) is 0 Å². The summed E-state index contributed by atoms with van der Waals surface area (Å²) in [5.74, 6) is 0.641. The van der Waals surface area contributed by atoms with Crippen LogP contribution in [0.15, 0.2) is 12.2 Å². The molecule has 122 valence electrons. The number of aliphatic hydroxyl groups excluding tert-OH is 1. The van der Waals surface area contributed by atoms with E-state index in [-0.39, 0.29) is 0 Å². The zero-order valence-corrected chi connectivity index (χ0v) is 14.0. The van der Waals surface area contributed by atoms with E-state index < -0.39 is 0 Å². The van der Waals surface area contributed by atoms with Gasteiger partial charge < -0.3 is 5.11 Å². The van der Waals surface area contributed by atoms with Crippen LogP contribution in [0.2, 0.25) is 0 Å². The van der Waals surface area contributed by atoms with Crippen molar-refractivity contribution in [1.82, 2.24) is 9.80 Å². The predicted octanol–water partition coefficient (Wildman–Crippen LogP) is 2.90. The lowest BCUT2D eigenvalue weighted by molar-refractivity contribution is 0.0206. The normalized spacial score (nSPS) is 27.0. The third-order valence-electron chi connectivity index (χ3n) is 5.00. The second-order valence-electron chi connectivity index (χ2n) is 7.13. The van der Waals surface area contributed by atoms with Crippen molar-refractivity contribution < 1.29 is 5.11 Å². The van der Waals surface area contributed by atoms with Crippen molar-refractivity contribution in [2.45, 2.75) is 64.5 Å². The molecule has 2 fully saturated rings. The van der Waals surface area contributed by atoms with E-state index in [1.165, 1.54) is 45.2 Å². The van der Waals surface area contributed by atoms with E-state index in [1.54, 1.807) is 0 Å². The number of aliphatic hydroxyl groups is 1. The second-order valence-corrected chi connectivity index (χ2v) is 7.13. The molecular formula is C18H34N2O. The highest BCUT2D eigenvalue weighted by Crippen LogP contribution is 2.27. The molecule has 1 N–H and O–H groups in total. The Morgan fingerprint density at radius 2 is 1.90 bits per heavy atom. The van der Waals surface area contributed by atoms with E-state index in [9.17, 15) is 5.11 Å². The zero-order valence-electron chi connectivity index (χ0n) is 14.0. The number of nitrogens with zero attached hydrogens (tertiary/aromatic N) is 2. The van der Waals surface area contributed by atoms with E-state index in [4.69, 9.17) is 0 Å². The van der Waals surface area contributed by atoms with E-state index in [2.05, 4.69) is 35.8 Å². The van der Waals surface area contributed by atoms with Gasteiger partial charge in [0.05, 0.1) is 0 Å². The van der Waals surface area contributed by atoms with Crippen LogP contribution in [0.1, 0.15) is 52.4 Å². The molecule has 3 heteroatoms. The average molecular weight is 294 g/mol. The molecule has 21 heavy (non-hydrogen) atoms. The number of hydrogen-bond acceptors (Lipinski definition) is 3. The van der Waals surface area contributed by atoms with Crippen molar-refractivity contribution in [3.63, 3.8) is 0 Å². The number of rotatable bonds is 6. The fourth-order valence-electron chi connectivity index (χ4n) is 3.88. The van der Waals surface area contributed by atoms with Gasteiger partial charge in [-0.15, -0.1) is 0 Å². The summed E-state index contributed by atoms with van der Waals surface area (Å²) in [6.07, 6.45) is 12.5. The summed E-state index contributed by atoms with van der Waals surface area (Å²) >= 11 is 0. The van der Waals surface area contributed by atoms with Gasteiger partial charge in [-0.25, -0.2) is 0 Å². The molecule has 1 heterocycles. The van der Waals surface area contributed by atoms with E-state index in [1.807, 2.05) is 0 Å². The largest absolute Gasteiger partial charge is 0.396 e. The molecule has 0 spiro atoms. The maximum atomic E-state index is 9.41. The van der Waals surface area contributed by atoms with Crippen molar-refractivity contribution in [1.29, 1.82) is 0 Å². The molecule has 0 aromatic rings. The molecule has 2 rings (SSSR count). The van der Waals surface area contributed by atoms with Crippen LogP contribution in [-0.2, 0) is 0 Å². The molecule has 0 radical (unpaired) electrons. The molecule has 0 amide bonds. The Morgan fingerprint density at radius 3 is 2.57 bits per heavy atom. The molecule has 1 saturated heterocycles. The van der Waals surface area contributed by atoms with Crippen LogP contribution in [-0.4, -0.2) is 59.8 Å². The van der Waals surface area contributed by atoms with Gasteiger partial charge in [0.25, 0.3) is 0 Å². The van der Waals surface area contributed by atoms with Crippen molar-refractivity contribution in [2.75, 3.05) is 32.8 Å². The first-order chi connectivity index (χ1) is 10.2. The lowest BCUT2D eigenvalue weighted by atomic mass is 9.92. The molecule has 0 bridgehead atoms. The second kappa shape index (κ2) is 8.92. The third kappa shape index (κ3) is 5.39. The highest BCUT2D eigenvalue weighted by molar-refractivity contribution is 4.92. The quantitative estimate of drug-likeness (QED) is 0.763. The molecular weight excluding hydrogens is 260 g/mol. The van der Waals surface area contributed by atoms with Gasteiger partial charge in [0.15, 0.2) is 0 Å². The van der Waals surface area contributed by atoms with Crippen molar-refractivity contribution >= 4 is 0 Å². The Labute approximate surface area is 131 Å². The Morgan fingerprint density at radius 1 is 1.14 bits per heavy atom. The highest BCUT2D eigenvalue weighted by atomic mass is 16.3. The third-order valence-corrected chi connectivity index (χ3v) is 5.00. The predicted molar refractivity (Wildman–Crippen MR) is 89.5 cm³/mol. The Kier molecular flexibility index (Phi) is 7.21. The monoisotopic (exact) mass is 294 g/mol. The van der Waals surface area contributed by atoms with Crippen LogP contribution in [0.4, 0.5) is 0 Å². The van der Waals surface area contributed by atoms with Crippen molar-refractivity contribution in [2.24, 2.45) is 5.92 Å². The van der Waals surface area contributed by atoms with Gasteiger partial charge in [0, 0.05) is 44.9 Å². The fourth-order valence-corrected chi connectivity index (χ4v) is 3.88. The fraction of sp³-hybridized carbons (Fsp3) is 0.889. The lowest BCUT2D eigenvalue weighted by Crippen LogP contribution is -2.57. The molecule has 0 unspecified atom stereocenters. The van der Waals surface area contributed by atoms with Gasteiger partial charge in [-0.05, 0) is 25.2 Å². The van der Waals surface area contributed by atoms with E-state index >= 15 is 0 Å². The van der Waals surface area contributed by atoms with Crippen LogP contribution in [0.3, 0.4) is 0 Å². The average Bonchev–Trinajstić information content (AvgIpc) is 2.48. The van der Waals surface area contributed by atoms with Crippen LogP contribution in [0.5, 0.6) is 0 Å². The summed E-state index contributed by atoms with van der Waals surface area (Å²) in [6, 6.07) is 1.34. The van der Waals surface area contributed by atoms with Gasteiger partial charge in [0.2, 0.25) is 0 Å². The summed E-state index contributed by atoms with van der Waals surface area (Å²) in [5.41, 5.74) is 0. The van der Waals surface area contributed by atoms with Crippen LogP contribution >= 0.6 is 0 Å². The lowest BCUT2D eigenvalue weighted by Gasteiger charge is -2.46. The zero-order chi connectivity index (χ0) is 15.1. The van der Waals surface area contributed by atoms with E-state index in [0.29, 0.717) is 18.6 Å². The molecule has 1 aliphatic carbocycles. The smallest absolute Gasteiger partial charge is 0.0446 e. The molecule has 2 aliphatic rings. The Balaban J connectivity index is 1.87. The van der Waals surface area contributed by atoms with Crippen LogP contribution in [0.25, 0.3) is 0 Å². The first kappa shape index (κ1) is 17.0. The summed E-state index contributed by atoms with van der Waals surface area (Å²) in [6.45, 7) is 9.34. The molecule has 3 nitrogen and oxygen atoms in total. The first-order valence-corrected chi connectivity index (χ1v) is 8.96. The minimum absolute atomic E-state index is 0.323. The van der Waals surface area contributed by atoms with Gasteiger partial charge in [0.1, 0.15) is 0 Å². The standard InChI is InChI=1S/C18H34N2O/c1-16(2)7-6-11-19-12-13-20(18(15-19)10-14-21)17-8-4-3-5-9-17/h6-7,16-18,21H,3-5,8-15H2,1-2H3/b7-6+/t18-/m0/s1. The summed E-state index contributed by atoms with van der Waals surface area (Å²) < 4.78 is 0. The number of allylic oxidation sites excluding steroid dienone is 1. The highest BCUT2D eigenvalue weighted by Gasteiger charge is 2.31. The van der Waals surface area contributed by atoms with Gasteiger partial charge in [-0.3, -0.25) is 9.80 Å². The van der Waals surface area contributed by atoms with Crippen molar-refractivity contribution in [3.05, 3.63) is 12.2 Å². The molecule has 1 saturated carbocycles. The maximum absolute atomic E-state index is 9.41. The molecule has 0 aromatic carbocycles. The van der Waals surface area contributed by atoms with Gasteiger partial charge in [-0.2, -0.15) is 0 Å². The summed E-state index contributed by atoms with van der Waals surface area (Å²) in [7, 11) is 0.